The fourth-order valence-electron chi connectivity index (χ4n) is 4.38. The summed E-state index contributed by atoms with van der Waals surface area (Å²) < 4.78 is 50.8. The van der Waals surface area contributed by atoms with Crippen LogP contribution in [0.1, 0.15) is 11.1 Å². The first kappa shape index (κ1) is 26.4. The number of amidine groups is 1. The lowest BCUT2D eigenvalue weighted by Gasteiger charge is -2.06. The Bertz CT molecular complexity index is 1790. The summed E-state index contributed by atoms with van der Waals surface area (Å²) in [6.07, 6.45) is 5.67. The lowest BCUT2D eigenvalue weighted by atomic mass is 10.2. The van der Waals surface area contributed by atoms with Gasteiger partial charge in [-0.25, -0.2) is 16.8 Å². The number of rotatable bonds is 5. The summed E-state index contributed by atoms with van der Waals surface area (Å²) in [4.78, 5) is 5.03. The summed E-state index contributed by atoms with van der Waals surface area (Å²) in [6.45, 7) is 6.30. The zero-order valence-corrected chi connectivity index (χ0v) is 22.8. The van der Waals surface area contributed by atoms with E-state index in [1.807, 2.05) is 54.8 Å². The monoisotopic (exact) mass is 539 g/mol. The molecule has 1 aliphatic rings. The predicted molar refractivity (Wildman–Crippen MR) is 145 cm³/mol. The Labute approximate surface area is 216 Å². The van der Waals surface area contributed by atoms with Crippen LogP contribution in [0.2, 0.25) is 0 Å². The van der Waals surface area contributed by atoms with E-state index in [9.17, 15) is 16.8 Å². The molecule has 1 aliphatic heterocycles. The molecule has 0 saturated carbocycles. The number of hydrogen-bond donors (Lipinski definition) is 1. The van der Waals surface area contributed by atoms with Gasteiger partial charge in [0, 0.05) is 42.2 Å². The molecule has 4 aromatic rings. The Morgan fingerprint density at radius 3 is 1.86 bits per heavy atom. The van der Waals surface area contributed by atoms with Gasteiger partial charge in [-0.2, -0.15) is 5.26 Å². The van der Waals surface area contributed by atoms with E-state index in [1.165, 1.54) is 18.7 Å². The molecule has 37 heavy (non-hydrogen) atoms. The van der Waals surface area contributed by atoms with E-state index >= 15 is 0 Å². The minimum Gasteiger partial charge on any atom is -0.370 e. The van der Waals surface area contributed by atoms with Crippen molar-refractivity contribution in [3.05, 3.63) is 59.9 Å². The molecule has 0 fully saturated rings. The van der Waals surface area contributed by atoms with Crippen molar-refractivity contribution in [3.63, 3.8) is 0 Å². The maximum atomic E-state index is 11.9. The third-order valence-corrected chi connectivity index (χ3v) is 8.35. The van der Waals surface area contributed by atoms with Crippen LogP contribution in [0.15, 0.2) is 63.6 Å². The van der Waals surface area contributed by atoms with Gasteiger partial charge in [0.05, 0.1) is 40.0 Å². The Morgan fingerprint density at radius 1 is 0.892 bits per heavy atom. The molecule has 0 aliphatic carbocycles. The van der Waals surface area contributed by atoms with Crippen LogP contribution >= 0.6 is 0 Å². The molecular formula is C26H29N5O4S2. The molecule has 0 spiro atoms. The zero-order valence-electron chi connectivity index (χ0n) is 21.2. The highest BCUT2D eigenvalue weighted by Crippen LogP contribution is 2.27. The second-order valence-corrected chi connectivity index (χ2v) is 13.2. The van der Waals surface area contributed by atoms with Gasteiger partial charge in [-0.1, -0.05) is 24.3 Å². The second kappa shape index (κ2) is 10.0. The molecule has 0 bridgehead atoms. The third-order valence-electron chi connectivity index (χ3n) is 6.11. The highest BCUT2D eigenvalue weighted by molar-refractivity contribution is 7.91. The van der Waals surface area contributed by atoms with Crippen molar-refractivity contribution in [2.75, 3.05) is 25.6 Å². The topological polar surface area (TPSA) is 126 Å². The number of fused-ring (bicyclic) bond motifs is 2. The van der Waals surface area contributed by atoms with Crippen molar-refractivity contribution in [3.8, 4) is 6.07 Å². The van der Waals surface area contributed by atoms with Gasteiger partial charge >= 0.3 is 0 Å². The molecule has 3 heterocycles. The van der Waals surface area contributed by atoms with Gasteiger partial charge in [-0.15, -0.1) is 0 Å². The molecule has 0 unspecified atom stereocenters. The predicted octanol–water partition coefficient (Wildman–Crippen LogP) is 3.23. The molecule has 0 saturated heterocycles. The van der Waals surface area contributed by atoms with Gasteiger partial charge in [0.1, 0.15) is 12.4 Å². The maximum absolute atomic E-state index is 11.9. The number of nitriles is 1. The van der Waals surface area contributed by atoms with Crippen molar-refractivity contribution in [2.24, 2.45) is 4.99 Å². The Kier molecular flexibility index (Phi) is 7.17. The first-order valence-corrected chi connectivity index (χ1v) is 15.4. The van der Waals surface area contributed by atoms with Gasteiger partial charge in [0.2, 0.25) is 0 Å². The SMILES string of the molecule is Cc1ccc2c(S(C)(=O)=O)cn(CC#N)c2c1.Cc1ccc2c(S(C)(=O)=O)cn(CC3=NCCN3)c2c1. The number of hydrogen-bond acceptors (Lipinski definition) is 7. The fraction of sp³-hybridized carbons (Fsp3) is 0.308. The molecule has 2 aromatic heterocycles. The summed E-state index contributed by atoms with van der Waals surface area (Å²) in [6, 6.07) is 13.4. The average Bonchev–Trinajstić information content (AvgIpc) is 3.53. The van der Waals surface area contributed by atoms with Crippen molar-refractivity contribution < 1.29 is 16.8 Å². The van der Waals surface area contributed by atoms with Crippen LogP contribution in [0.3, 0.4) is 0 Å². The van der Waals surface area contributed by atoms with Crippen LogP contribution in [-0.2, 0) is 32.8 Å². The number of aromatic nitrogens is 2. The zero-order chi connectivity index (χ0) is 27.0. The number of nitrogens with zero attached hydrogens (tertiary/aromatic N) is 4. The highest BCUT2D eigenvalue weighted by Gasteiger charge is 2.18. The Morgan fingerprint density at radius 2 is 1.41 bits per heavy atom. The first-order valence-electron chi connectivity index (χ1n) is 11.6. The number of benzene rings is 2. The molecule has 5 rings (SSSR count). The molecule has 0 amide bonds. The third kappa shape index (κ3) is 5.70. The summed E-state index contributed by atoms with van der Waals surface area (Å²) in [5, 5.41) is 13.4. The van der Waals surface area contributed by atoms with E-state index in [0.717, 1.165) is 46.5 Å². The van der Waals surface area contributed by atoms with Crippen LogP contribution in [0.4, 0.5) is 0 Å². The van der Waals surface area contributed by atoms with E-state index in [2.05, 4.69) is 10.3 Å². The molecule has 2 aromatic carbocycles. The molecular weight excluding hydrogens is 510 g/mol. The van der Waals surface area contributed by atoms with Crippen molar-refractivity contribution in [1.82, 2.24) is 14.5 Å². The van der Waals surface area contributed by atoms with E-state index in [-0.39, 0.29) is 11.4 Å². The van der Waals surface area contributed by atoms with Crippen LogP contribution in [0.25, 0.3) is 21.8 Å². The number of nitrogens with one attached hydrogen (secondary N) is 1. The molecule has 9 nitrogen and oxygen atoms in total. The standard InChI is InChI=1S/C14H17N3O2S.C12H12N2O2S/c1-10-3-4-11-12(7-10)17(8-13(11)20(2,18)19)9-14-15-5-6-16-14;1-9-3-4-10-11(7-9)14(6-5-13)8-12(10)17(2,15)16/h3-4,7-8H,5-6,9H2,1-2H3,(H,15,16);3-4,7-8H,6H2,1-2H3. The lowest BCUT2D eigenvalue weighted by molar-refractivity contribution is 0.600. The summed E-state index contributed by atoms with van der Waals surface area (Å²) in [5.74, 6) is 0.906. The molecule has 1 N–H and O–H groups in total. The Balaban J connectivity index is 0.000000176. The average molecular weight is 540 g/mol. The van der Waals surface area contributed by atoms with Crippen molar-refractivity contribution >= 4 is 47.3 Å². The van der Waals surface area contributed by atoms with Gasteiger partial charge in [0.15, 0.2) is 19.7 Å². The summed E-state index contributed by atoms with van der Waals surface area (Å²) in [7, 11) is -6.51. The second-order valence-electron chi connectivity index (χ2n) is 9.24. The van der Waals surface area contributed by atoms with Gasteiger partial charge in [-0.3, -0.25) is 4.99 Å². The molecule has 194 valence electrons. The normalized spacial score (nSPS) is 13.6. The van der Waals surface area contributed by atoms with Gasteiger partial charge < -0.3 is 14.5 Å². The van der Waals surface area contributed by atoms with Gasteiger partial charge in [0.25, 0.3) is 0 Å². The molecule has 11 heteroatoms. The fourth-order valence-corrected chi connectivity index (χ4v) is 6.16. The van der Waals surface area contributed by atoms with Crippen LogP contribution in [-0.4, -0.2) is 57.4 Å². The lowest BCUT2D eigenvalue weighted by Crippen LogP contribution is -2.23. The molecule has 0 radical (unpaired) electrons. The number of aryl methyl sites for hydroxylation is 2. The van der Waals surface area contributed by atoms with Crippen LogP contribution in [0.5, 0.6) is 0 Å². The Hall–Kier alpha value is -3.62. The van der Waals surface area contributed by atoms with E-state index in [0.29, 0.717) is 16.8 Å². The van der Waals surface area contributed by atoms with Crippen molar-refractivity contribution in [1.29, 1.82) is 5.26 Å². The maximum Gasteiger partial charge on any atom is 0.177 e. The van der Waals surface area contributed by atoms with Gasteiger partial charge in [-0.05, 0) is 37.1 Å². The van der Waals surface area contributed by atoms with E-state index in [1.54, 1.807) is 16.8 Å². The van der Waals surface area contributed by atoms with E-state index in [4.69, 9.17) is 5.26 Å². The number of aliphatic imine (C=N–C) groups is 1. The van der Waals surface area contributed by atoms with Crippen LogP contribution < -0.4 is 5.32 Å². The smallest absolute Gasteiger partial charge is 0.177 e. The van der Waals surface area contributed by atoms with Crippen molar-refractivity contribution in [2.45, 2.75) is 36.7 Å². The number of sulfone groups is 2. The molecule has 0 atom stereocenters. The largest absolute Gasteiger partial charge is 0.370 e. The minimum atomic E-state index is -3.27. The van der Waals surface area contributed by atoms with E-state index < -0.39 is 19.7 Å². The summed E-state index contributed by atoms with van der Waals surface area (Å²) in [5.41, 5.74) is 3.86. The highest BCUT2D eigenvalue weighted by atomic mass is 32.2. The quantitative estimate of drug-likeness (QED) is 0.415. The minimum absolute atomic E-state index is 0.148. The van der Waals surface area contributed by atoms with Crippen LogP contribution in [0, 0.1) is 25.2 Å². The summed E-state index contributed by atoms with van der Waals surface area (Å²) >= 11 is 0. The first-order chi connectivity index (χ1) is 17.4.